The third-order valence-electron chi connectivity index (χ3n) is 3.28. The first-order valence-electron chi connectivity index (χ1n) is 5.75. The molecule has 0 radical (unpaired) electrons. The van der Waals surface area contributed by atoms with Gasteiger partial charge in [-0.25, -0.2) is 4.74 Å². The first-order valence-corrected chi connectivity index (χ1v) is 5.75. The van der Waals surface area contributed by atoms with Gasteiger partial charge in [0.2, 0.25) is 0 Å². The second kappa shape index (κ2) is 3.93. The van der Waals surface area contributed by atoms with Crippen molar-refractivity contribution in [2.24, 2.45) is 0 Å². The molecule has 0 bridgehead atoms. The Balaban J connectivity index is 2.46. The quantitative estimate of drug-likeness (QED) is 0.739. The molecule has 1 heterocycles. The Bertz CT molecular complexity index is 728. The molecule has 0 unspecified atom stereocenters. The van der Waals surface area contributed by atoms with Crippen molar-refractivity contribution in [1.82, 2.24) is 0 Å². The highest BCUT2D eigenvalue weighted by atomic mass is 19.3. The van der Waals surface area contributed by atoms with Crippen molar-refractivity contribution >= 4 is 10.8 Å². The molecule has 20 heavy (non-hydrogen) atoms. The van der Waals surface area contributed by atoms with E-state index in [2.05, 4.69) is 4.74 Å². The van der Waals surface area contributed by atoms with Crippen molar-refractivity contribution < 1.29 is 22.3 Å². The molecule has 0 N–H and O–H groups in total. The second-order valence-corrected chi connectivity index (χ2v) is 4.47. The number of halogens is 4. The Morgan fingerprint density at radius 2 is 1.65 bits per heavy atom. The highest BCUT2D eigenvalue weighted by Gasteiger charge is 2.52. The molecule has 0 atom stereocenters. The predicted molar refractivity (Wildman–Crippen MR) is 62.1 cm³/mol. The Morgan fingerprint density at radius 1 is 1.00 bits per heavy atom. The van der Waals surface area contributed by atoms with E-state index < -0.39 is 23.3 Å². The van der Waals surface area contributed by atoms with Gasteiger partial charge in [-0.1, -0.05) is 18.2 Å². The van der Waals surface area contributed by atoms with Gasteiger partial charge in [-0.2, -0.15) is 22.8 Å². The monoisotopic (exact) mass is 281 g/mol. The molecule has 2 aromatic carbocycles. The van der Waals surface area contributed by atoms with Crippen molar-refractivity contribution in [3.8, 4) is 6.07 Å². The molecule has 1 aliphatic heterocycles. The molecule has 0 saturated heterocycles. The van der Waals surface area contributed by atoms with Gasteiger partial charge < -0.3 is 0 Å². The van der Waals surface area contributed by atoms with Crippen molar-refractivity contribution in [3.05, 3.63) is 47.0 Å². The van der Waals surface area contributed by atoms with Crippen molar-refractivity contribution in [2.45, 2.75) is 18.6 Å². The number of hydrogen-bond donors (Lipinski definition) is 0. The van der Waals surface area contributed by atoms with Crippen LogP contribution in [0, 0.1) is 11.3 Å². The summed E-state index contributed by atoms with van der Waals surface area (Å²) in [6, 6.07) is 8.10. The summed E-state index contributed by atoms with van der Waals surface area (Å²) in [5.74, 6) is 0. The number of alkyl halides is 4. The van der Waals surface area contributed by atoms with E-state index in [1.165, 1.54) is 18.2 Å². The number of rotatable bonds is 1. The number of nitrogens with zero attached hydrogens (tertiary/aromatic N) is 1. The zero-order chi connectivity index (χ0) is 14.5. The van der Waals surface area contributed by atoms with Gasteiger partial charge in [0.15, 0.2) is 0 Å². The molecule has 0 saturated carbocycles. The lowest BCUT2D eigenvalue weighted by atomic mass is 9.92. The maximum Gasteiger partial charge on any atom is 0.388 e. The Hall–Kier alpha value is -2.13. The minimum Gasteiger partial charge on any atom is -0.247 e. The number of nitriles is 1. The van der Waals surface area contributed by atoms with Gasteiger partial charge in [0.25, 0.3) is 0 Å². The molecule has 6 heteroatoms. The Labute approximate surface area is 111 Å². The summed E-state index contributed by atoms with van der Waals surface area (Å²) < 4.78 is 58.5. The van der Waals surface area contributed by atoms with Crippen LogP contribution in [0.2, 0.25) is 0 Å². The predicted octanol–water partition coefficient (Wildman–Crippen LogP) is 4.03. The van der Waals surface area contributed by atoms with E-state index >= 15 is 0 Å². The molecular weight excluding hydrogens is 274 g/mol. The largest absolute Gasteiger partial charge is 0.388 e. The standard InChI is InChI=1S/C14H7F4NO/c15-13(16)10-3-1-2-9-8(6-7-19)4-5-11(12(9)10)14(17,18)20-13/h1-5H,6H2. The van der Waals surface area contributed by atoms with E-state index in [-0.39, 0.29) is 17.2 Å². The van der Waals surface area contributed by atoms with Crippen LogP contribution in [0.25, 0.3) is 10.8 Å². The van der Waals surface area contributed by atoms with Crippen molar-refractivity contribution in [2.75, 3.05) is 0 Å². The molecule has 2 nitrogen and oxygen atoms in total. The van der Waals surface area contributed by atoms with E-state index in [9.17, 15) is 17.6 Å². The second-order valence-electron chi connectivity index (χ2n) is 4.47. The molecule has 0 spiro atoms. The number of hydrogen-bond acceptors (Lipinski definition) is 2. The van der Waals surface area contributed by atoms with E-state index in [0.29, 0.717) is 5.56 Å². The van der Waals surface area contributed by atoms with E-state index in [0.717, 1.165) is 12.1 Å². The third-order valence-corrected chi connectivity index (χ3v) is 3.28. The van der Waals surface area contributed by atoms with Crippen LogP contribution in [0.5, 0.6) is 0 Å². The van der Waals surface area contributed by atoms with Crippen LogP contribution in [0.3, 0.4) is 0 Å². The van der Waals surface area contributed by atoms with Crippen molar-refractivity contribution in [3.63, 3.8) is 0 Å². The van der Waals surface area contributed by atoms with Gasteiger partial charge in [0.05, 0.1) is 23.6 Å². The van der Waals surface area contributed by atoms with Crippen LogP contribution in [-0.4, -0.2) is 0 Å². The number of ether oxygens (including phenoxy) is 1. The molecule has 3 rings (SSSR count). The minimum absolute atomic E-state index is 0.0434. The summed E-state index contributed by atoms with van der Waals surface area (Å²) >= 11 is 0. The molecule has 102 valence electrons. The van der Waals surface area contributed by atoms with E-state index in [4.69, 9.17) is 5.26 Å². The molecule has 0 aromatic heterocycles. The van der Waals surface area contributed by atoms with E-state index in [1.54, 1.807) is 0 Å². The van der Waals surface area contributed by atoms with Crippen LogP contribution < -0.4 is 0 Å². The smallest absolute Gasteiger partial charge is 0.247 e. The Morgan fingerprint density at radius 3 is 2.30 bits per heavy atom. The molecular formula is C14H7F4NO. The van der Waals surface area contributed by atoms with Gasteiger partial charge in [0.1, 0.15) is 0 Å². The lowest BCUT2D eigenvalue weighted by Crippen LogP contribution is -2.34. The van der Waals surface area contributed by atoms with Gasteiger partial charge in [-0.05, 0) is 23.1 Å². The molecule has 0 aliphatic carbocycles. The highest BCUT2D eigenvalue weighted by molar-refractivity contribution is 5.93. The first-order chi connectivity index (χ1) is 9.37. The highest BCUT2D eigenvalue weighted by Crippen LogP contribution is 2.50. The average Bonchev–Trinajstić information content (AvgIpc) is 2.36. The van der Waals surface area contributed by atoms with Crippen LogP contribution in [0.4, 0.5) is 17.6 Å². The van der Waals surface area contributed by atoms with Gasteiger partial charge in [-0.3, -0.25) is 0 Å². The van der Waals surface area contributed by atoms with Crippen molar-refractivity contribution in [1.29, 1.82) is 5.26 Å². The third kappa shape index (κ3) is 1.67. The normalized spacial score (nSPS) is 18.8. The average molecular weight is 281 g/mol. The zero-order valence-corrected chi connectivity index (χ0v) is 9.96. The summed E-state index contributed by atoms with van der Waals surface area (Å²) in [5, 5.41) is 8.71. The summed E-state index contributed by atoms with van der Waals surface area (Å²) in [4.78, 5) is 0. The first kappa shape index (κ1) is 12.9. The Kier molecular flexibility index (Phi) is 2.53. The maximum atomic E-state index is 13.7. The fourth-order valence-electron chi connectivity index (χ4n) is 2.46. The van der Waals surface area contributed by atoms with Gasteiger partial charge in [0, 0.05) is 5.39 Å². The molecule has 0 fully saturated rings. The lowest BCUT2D eigenvalue weighted by molar-refractivity contribution is -0.394. The topological polar surface area (TPSA) is 33.0 Å². The molecule has 2 aromatic rings. The van der Waals surface area contributed by atoms with Gasteiger partial charge in [-0.15, -0.1) is 0 Å². The summed E-state index contributed by atoms with van der Waals surface area (Å²) in [7, 11) is 0. The maximum absolute atomic E-state index is 13.7. The van der Waals surface area contributed by atoms with Crippen LogP contribution >= 0.6 is 0 Å². The fourth-order valence-corrected chi connectivity index (χ4v) is 2.46. The summed E-state index contributed by atoms with van der Waals surface area (Å²) in [6.07, 6.45) is -8.18. The summed E-state index contributed by atoms with van der Waals surface area (Å²) in [5.41, 5.74) is -0.770. The minimum atomic E-state index is -4.07. The molecule has 1 aliphatic rings. The van der Waals surface area contributed by atoms with Crippen LogP contribution in [0.15, 0.2) is 30.3 Å². The zero-order valence-electron chi connectivity index (χ0n) is 9.96. The number of benzene rings is 2. The van der Waals surface area contributed by atoms with Crippen LogP contribution in [-0.2, 0) is 23.4 Å². The van der Waals surface area contributed by atoms with Gasteiger partial charge >= 0.3 is 12.2 Å². The van der Waals surface area contributed by atoms with Crippen LogP contribution in [0.1, 0.15) is 16.7 Å². The van der Waals surface area contributed by atoms with E-state index in [1.807, 2.05) is 6.07 Å². The fraction of sp³-hybridized carbons (Fsp3) is 0.214. The summed E-state index contributed by atoms with van der Waals surface area (Å²) in [6.45, 7) is 0. The lowest BCUT2D eigenvalue weighted by Gasteiger charge is -2.31. The SMILES string of the molecule is N#CCc1ccc2c3c(cccc13)C(F)(F)OC2(F)F. The molecule has 0 amide bonds.